The molecule has 0 radical (unpaired) electrons. The van der Waals surface area contributed by atoms with Gasteiger partial charge in [0.2, 0.25) is 0 Å². The number of sulfone groups is 1. The van der Waals surface area contributed by atoms with Crippen molar-refractivity contribution in [3.63, 3.8) is 0 Å². The second kappa shape index (κ2) is 9.14. The zero-order valence-electron chi connectivity index (χ0n) is 18.8. The van der Waals surface area contributed by atoms with Gasteiger partial charge in [0, 0.05) is 12.5 Å². The largest absolute Gasteiger partial charge is 0.452 e. The number of carbonyl (C=O) groups excluding carboxylic acids is 2. The third-order valence-electron chi connectivity index (χ3n) is 5.46. The Balaban J connectivity index is 1.76. The van der Waals surface area contributed by atoms with Crippen LogP contribution in [0, 0.1) is 0 Å². The van der Waals surface area contributed by atoms with Gasteiger partial charge in [0.1, 0.15) is 0 Å². The maximum absolute atomic E-state index is 13.1. The third-order valence-corrected chi connectivity index (χ3v) is 6.59. The molecule has 2 amide bonds. The van der Waals surface area contributed by atoms with E-state index in [2.05, 4.69) is 4.98 Å². The van der Waals surface area contributed by atoms with E-state index in [9.17, 15) is 18.0 Å². The summed E-state index contributed by atoms with van der Waals surface area (Å²) in [5.74, 6) is 0.296. The van der Waals surface area contributed by atoms with Gasteiger partial charge in [-0.3, -0.25) is 14.8 Å². The number of fused-ring (bicyclic) bond motifs is 1. The van der Waals surface area contributed by atoms with E-state index >= 15 is 0 Å². The molecule has 0 N–H and O–H groups in total. The van der Waals surface area contributed by atoms with E-state index < -0.39 is 22.0 Å². The third kappa shape index (κ3) is 4.58. The summed E-state index contributed by atoms with van der Waals surface area (Å²) >= 11 is 0. The fourth-order valence-corrected chi connectivity index (χ4v) is 4.44. The van der Waals surface area contributed by atoms with Crippen LogP contribution in [-0.4, -0.2) is 51.5 Å². The summed E-state index contributed by atoms with van der Waals surface area (Å²) in [7, 11) is -2.02. The molecule has 34 heavy (non-hydrogen) atoms. The fraction of sp³-hybridized carbons (Fsp3) is 0.208. The van der Waals surface area contributed by atoms with E-state index in [-0.39, 0.29) is 17.5 Å². The van der Waals surface area contributed by atoms with E-state index in [0.717, 1.165) is 17.4 Å². The van der Waals surface area contributed by atoms with Crippen molar-refractivity contribution >= 4 is 33.4 Å². The van der Waals surface area contributed by atoms with Crippen molar-refractivity contribution in [2.75, 3.05) is 29.7 Å². The molecule has 1 aliphatic rings. The Morgan fingerprint density at radius 3 is 2.32 bits per heavy atom. The molecule has 176 valence electrons. The van der Waals surface area contributed by atoms with E-state index in [1.165, 1.54) is 35.2 Å². The van der Waals surface area contributed by atoms with Crippen molar-refractivity contribution in [2.24, 2.45) is 0 Å². The second-order valence-electron chi connectivity index (χ2n) is 7.86. The minimum atomic E-state index is -3.32. The van der Waals surface area contributed by atoms with Gasteiger partial charge in [0.25, 0.3) is 0 Å². The summed E-state index contributed by atoms with van der Waals surface area (Å²) in [6.07, 6.45) is 3.00. The molecule has 2 aromatic carbocycles. The van der Waals surface area contributed by atoms with Gasteiger partial charge < -0.3 is 9.47 Å². The van der Waals surface area contributed by atoms with Gasteiger partial charge in [-0.25, -0.2) is 18.0 Å². The van der Waals surface area contributed by atoms with Gasteiger partial charge in [-0.1, -0.05) is 18.2 Å². The first-order chi connectivity index (χ1) is 16.2. The van der Waals surface area contributed by atoms with Crippen LogP contribution >= 0.6 is 0 Å². The van der Waals surface area contributed by atoms with Gasteiger partial charge in [0.15, 0.2) is 15.6 Å². The second-order valence-corrected chi connectivity index (χ2v) is 9.87. The number of hydrogen-bond donors (Lipinski definition) is 0. The number of carbonyl (C=O) groups is 2. The Morgan fingerprint density at radius 1 is 1.00 bits per heavy atom. The number of hydrogen-bond acceptors (Lipinski definition) is 7. The zero-order chi connectivity index (χ0) is 24.5. The molecule has 0 aliphatic carbocycles. The topological polar surface area (TPSA) is 106 Å². The molecule has 9 nitrogen and oxygen atoms in total. The number of ether oxygens (including phenoxy) is 2. The number of methoxy groups -OCH3 is 1. The number of benzene rings is 2. The number of rotatable bonds is 3. The minimum Gasteiger partial charge on any atom is -0.452 e. The van der Waals surface area contributed by atoms with Crippen LogP contribution in [0.2, 0.25) is 0 Å². The molecule has 0 saturated heterocycles. The summed E-state index contributed by atoms with van der Waals surface area (Å²) < 4.78 is 34.0. The van der Waals surface area contributed by atoms with Crippen LogP contribution in [0.1, 0.15) is 6.92 Å². The molecule has 2 heterocycles. The highest BCUT2D eigenvalue weighted by Crippen LogP contribution is 2.39. The highest BCUT2D eigenvalue weighted by molar-refractivity contribution is 7.90. The maximum Gasteiger partial charge on any atom is 0.419 e. The lowest BCUT2D eigenvalue weighted by molar-refractivity contribution is 0.175. The Labute approximate surface area is 197 Å². The number of pyridine rings is 1. The Hall–Kier alpha value is -3.92. The minimum absolute atomic E-state index is 0.178. The average Bonchev–Trinajstić information content (AvgIpc) is 2.83. The zero-order valence-corrected chi connectivity index (χ0v) is 19.7. The molecule has 0 bridgehead atoms. The molecule has 0 fully saturated rings. The van der Waals surface area contributed by atoms with E-state index in [1.807, 2.05) is 6.92 Å². The molecule has 3 aromatic rings. The molecule has 1 aliphatic heterocycles. The highest BCUT2D eigenvalue weighted by Gasteiger charge is 2.36. The first-order valence-corrected chi connectivity index (χ1v) is 12.3. The number of aromatic nitrogens is 1. The van der Waals surface area contributed by atoms with Crippen molar-refractivity contribution in [2.45, 2.75) is 17.9 Å². The van der Waals surface area contributed by atoms with Gasteiger partial charge >= 0.3 is 12.2 Å². The van der Waals surface area contributed by atoms with Gasteiger partial charge in [0.05, 0.1) is 42.2 Å². The number of anilines is 2. The van der Waals surface area contributed by atoms with Crippen LogP contribution < -0.4 is 14.5 Å². The monoisotopic (exact) mass is 481 g/mol. The summed E-state index contributed by atoms with van der Waals surface area (Å²) in [4.78, 5) is 32.7. The number of amides is 2. The first kappa shape index (κ1) is 23.2. The van der Waals surface area contributed by atoms with Crippen LogP contribution in [0.15, 0.2) is 71.9 Å². The normalized spacial score (nSPS) is 15.4. The quantitative estimate of drug-likeness (QED) is 0.554. The van der Waals surface area contributed by atoms with Crippen LogP contribution in [-0.2, 0) is 14.6 Å². The smallest absolute Gasteiger partial charge is 0.419 e. The summed E-state index contributed by atoms with van der Waals surface area (Å²) in [5.41, 5.74) is 2.43. The molecule has 1 unspecified atom stereocenters. The van der Waals surface area contributed by atoms with Crippen molar-refractivity contribution in [1.82, 2.24) is 4.98 Å². The SMILES string of the molecule is COC(=O)N1c2ccc(-c3ccc(S(C)(=O)=O)cc3)cc2N(C(=O)Oc2cccnc2)CC1C. The Kier molecular flexibility index (Phi) is 6.25. The lowest BCUT2D eigenvalue weighted by atomic mass is 10.0. The van der Waals surface area contributed by atoms with Crippen LogP contribution in [0.5, 0.6) is 5.75 Å². The molecular formula is C24H23N3O6S. The van der Waals surface area contributed by atoms with Gasteiger partial charge in [-0.15, -0.1) is 0 Å². The summed E-state index contributed by atoms with van der Waals surface area (Å²) in [6, 6.07) is 14.6. The number of nitrogens with zero attached hydrogens (tertiary/aromatic N) is 3. The maximum atomic E-state index is 13.1. The standard InChI is InChI=1S/C24H23N3O6S/c1-16-15-26(23(28)33-19-5-4-12-25-14-19)22-13-18(8-11-21(22)27(16)24(29)32-2)17-6-9-20(10-7-17)34(3,30)31/h4-14,16H,15H2,1-3H3. The molecule has 10 heteroatoms. The predicted molar refractivity (Wildman–Crippen MR) is 127 cm³/mol. The highest BCUT2D eigenvalue weighted by atomic mass is 32.2. The van der Waals surface area contributed by atoms with Crippen molar-refractivity contribution in [3.8, 4) is 16.9 Å². The Bertz CT molecular complexity index is 1330. The van der Waals surface area contributed by atoms with E-state index in [1.54, 1.807) is 48.7 Å². The summed E-state index contributed by atoms with van der Waals surface area (Å²) in [6.45, 7) is 1.99. The van der Waals surface area contributed by atoms with E-state index in [0.29, 0.717) is 17.1 Å². The van der Waals surface area contributed by atoms with Gasteiger partial charge in [-0.05, 0) is 54.4 Å². The average molecular weight is 482 g/mol. The van der Waals surface area contributed by atoms with Crippen LogP contribution in [0.3, 0.4) is 0 Å². The van der Waals surface area contributed by atoms with Crippen LogP contribution in [0.4, 0.5) is 21.0 Å². The molecule has 1 atom stereocenters. The van der Waals surface area contributed by atoms with Gasteiger partial charge in [-0.2, -0.15) is 0 Å². The van der Waals surface area contributed by atoms with Crippen molar-refractivity contribution < 1.29 is 27.5 Å². The van der Waals surface area contributed by atoms with E-state index in [4.69, 9.17) is 9.47 Å². The predicted octanol–water partition coefficient (Wildman–Crippen LogP) is 4.13. The Morgan fingerprint density at radius 2 is 1.71 bits per heavy atom. The molecule has 0 spiro atoms. The first-order valence-electron chi connectivity index (χ1n) is 10.4. The fourth-order valence-electron chi connectivity index (χ4n) is 3.81. The van der Waals surface area contributed by atoms with Crippen molar-refractivity contribution in [1.29, 1.82) is 0 Å². The van der Waals surface area contributed by atoms with Crippen molar-refractivity contribution in [3.05, 3.63) is 67.0 Å². The summed E-state index contributed by atoms with van der Waals surface area (Å²) in [5, 5.41) is 0. The lowest BCUT2D eigenvalue weighted by Crippen LogP contribution is -2.52. The van der Waals surface area contributed by atoms with Crippen LogP contribution in [0.25, 0.3) is 11.1 Å². The molecule has 0 saturated carbocycles. The molecular weight excluding hydrogens is 458 g/mol. The molecule has 4 rings (SSSR count). The molecule has 1 aromatic heterocycles. The lowest BCUT2D eigenvalue weighted by Gasteiger charge is -2.39.